The molecule has 0 aliphatic rings. The molecule has 0 bridgehead atoms. The fourth-order valence-corrected chi connectivity index (χ4v) is 2.11. The molecule has 0 unspecified atom stereocenters. The van der Waals surface area contributed by atoms with Crippen LogP contribution in [0.15, 0.2) is 27.7 Å². The maximum atomic E-state index is 13.3. The Hall–Kier alpha value is -1.14. The van der Waals surface area contributed by atoms with E-state index in [2.05, 4.69) is 31.6 Å². The highest BCUT2D eigenvalue weighted by Crippen LogP contribution is 2.15. The third-order valence-corrected chi connectivity index (χ3v) is 2.89. The Morgan fingerprint density at radius 1 is 1.30 bits per heavy atom. The number of guanidine groups is 1. The molecule has 0 amide bonds. The van der Waals surface area contributed by atoms with E-state index < -0.39 is 0 Å². The maximum Gasteiger partial charge on any atom is 0.191 e. The molecule has 20 heavy (non-hydrogen) atoms. The van der Waals surface area contributed by atoms with E-state index in [0.717, 1.165) is 16.6 Å². The summed E-state index contributed by atoms with van der Waals surface area (Å²) in [6, 6.07) is 4.77. The summed E-state index contributed by atoms with van der Waals surface area (Å²) in [7, 11) is 0. The Kier molecular flexibility index (Phi) is 8.22. The Bertz CT molecular complexity index is 420. The van der Waals surface area contributed by atoms with Crippen LogP contribution < -0.4 is 10.6 Å². The molecule has 0 saturated carbocycles. The Labute approximate surface area is 127 Å². The molecule has 0 saturated heterocycles. The Balaban J connectivity index is 2.56. The number of aliphatic imine (C=N–C) groups is 1. The van der Waals surface area contributed by atoms with Crippen LogP contribution in [-0.4, -0.2) is 32.3 Å². The summed E-state index contributed by atoms with van der Waals surface area (Å²) in [5.41, 5.74) is 0.818. The summed E-state index contributed by atoms with van der Waals surface area (Å²) >= 11 is 3.27. The molecule has 0 radical (unpaired) electrons. The van der Waals surface area contributed by atoms with Crippen molar-refractivity contribution >= 4 is 21.9 Å². The Morgan fingerprint density at radius 3 is 2.75 bits per heavy atom. The zero-order valence-corrected chi connectivity index (χ0v) is 13.5. The van der Waals surface area contributed by atoms with Gasteiger partial charge in [0.25, 0.3) is 0 Å². The minimum atomic E-state index is -0.265. The molecule has 0 aliphatic carbocycles. The summed E-state index contributed by atoms with van der Waals surface area (Å²) in [6.45, 7) is 7.17. The van der Waals surface area contributed by atoms with Gasteiger partial charge in [-0.25, -0.2) is 9.38 Å². The number of rotatable bonds is 7. The van der Waals surface area contributed by atoms with Crippen molar-refractivity contribution in [2.75, 3.05) is 26.3 Å². The number of nitrogens with one attached hydrogen (secondary N) is 2. The van der Waals surface area contributed by atoms with Crippen LogP contribution in [0, 0.1) is 5.82 Å². The quantitative estimate of drug-likeness (QED) is 0.453. The van der Waals surface area contributed by atoms with Gasteiger partial charge in [-0.1, -0.05) is 15.9 Å². The smallest absolute Gasteiger partial charge is 0.191 e. The molecule has 4 nitrogen and oxygen atoms in total. The highest BCUT2D eigenvalue weighted by atomic mass is 79.9. The molecule has 1 aromatic rings. The first-order valence-electron chi connectivity index (χ1n) is 6.70. The van der Waals surface area contributed by atoms with E-state index in [0.29, 0.717) is 32.3 Å². The molecule has 0 heterocycles. The fraction of sp³-hybridized carbons (Fsp3) is 0.500. The summed E-state index contributed by atoms with van der Waals surface area (Å²) in [5.74, 6) is 0.437. The molecule has 0 fully saturated rings. The number of halogens is 2. The number of hydrogen-bond donors (Lipinski definition) is 2. The first-order valence-corrected chi connectivity index (χ1v) is 7.50. The van der Waals surface area contributed by atoms with Crippen molar-refractivity contribution in [1.29, 1.82) is 0 Å². The van der Waals surface area contributed by atoms with Crippen molar-refractivity contribution in [3.05, 3.63) is 34.1 Å². The van der Waals surface area contributed by atoms with Crippen molar-refractivity contribution in [1.82, 2.24) is 10.6 Å². The molecule has 112 valence electrons. The largest absolute Gasteiger partial charge is 0.380 e. The second-order valence-corrected chi connectivity index (χ2v) is 5.01. The molecular formula is C14H21BrFN3O. The molecule has 0 aliphatic heterocycles. The van der Waals surface area contributed by atoms with Crippen LogP contribution in [0.3, 0.4) is 0 Å². The normalized spacial score (nSPS) is 11.5. The van der Waals surface area contributed by atoms with Gasteiger partial charge in [-0.05, 0) is 37.6 Å². The average molecular weight is 346 g/mol. The highest BCUT2D eigenvalue weighted by molar-refractivity contribution is 9.10. The van der Waals surface area contributed by atoms with Crippen LogP contribution in [0.5, 0.6) is 0 Å². The maximum absolute atomic E-state index is 13.3. The molecule has 0 aromatic heterocycles. The van der Waals surface area contributed by atoms with Gasteiger partial charge in [-0.3, -0.25) is 0 Å². The van der Waals surface area contributed by atoms with Gasteiger partial charge in [0.2, 0.25) is 0 Å². The second-order valence-electron chi connectivity index (χ2n) is 4.10. The lowest BCUT2D eigenvalue weighted by molar-refractivity contribution is 0.152. The Morgan fingerprint density at radius 2 is 2.10 bits per heavy atom. The lowest BCUT2D eigenvalue weighted by atomic mass is 10.2. The van der Waals surface area contributed by atoms with Crippen LogP contribution in [0.25, 0.3) is 0 Å². The molecule has 1 aromatic carbocycles. The van der Waals surface area contributed by atoms with Gasteiger partial charge < -0.3 is 15.4 Å². The van der Waals surface area contributed by atoms with Crippen molar-refractivity contribution in [3.63, 3.8) is 0 Å². The lowest BCUT2D eigenvalue weighted by Gasteiger charge is -2.11. The topological polar surface area (TPSA) is 45.7 Å². The van der Waals surface area contributed by atoms with Crippen molar-refractivity contribution in [2.24, 2.45) is 4.99 Å². The zero-order valence-electron chi connectivity index (χ0n) is 11.9. The van der Waals surface area contributed by atoms with E-state index in [9.17, 15) is 4.39 Å². The molecule has 6 heteroatoms. The summed E-state index contributed by atoms with van der Waals surface area (Å²) in [4.78, 5) is 4.41. The molecular weight excluding hydrogens is 325 g/mol. The van der Waals surface area contributed by atoms with Gasteiger partial charge >= 0.3 is 0 Å². The van der Waals surface area contributed by atoms with Gasteiger partial charge in [0.1, 0.15) is 5.82 Å². The van der Waals surface area contributed by atoms with Gasteiger partial charge in [-0.2, -0.15) is 0 Å². The first-order chi connectivity index (χ1) is 9.65. The van der Waals surface area contributed by atoms with Crippen LogP contribution in [-0.2, 0) is 11.3 Å². The molecule has 2 N–H and O–H groups in total. The van der Waals surface area contributed by atoms with E-state index in [1.807, 2.05) is 19.9 Å². The number of hydrogen-bond acceptors (Lipinski definition) is 2. The van der Waals surface area contributed by atoms with Gasteiger partial charge in [0.15, 0.2) is 5.96 Å². The SMILES string of the molecule is CCNC(=NCc1cc(F)cc(Br)c1)NCCOCC. The average Bonchev–Trinajstić information content (AvgIpc) is 2.39. The monoisotopic (exact) mass is 345 g/mol. The molecule has 0 atom stereocenters. The van der Waals surface area contributed by atoms with E-state index >= 15 is 0 Å². The van der Waals surface area contributed by atoms with Crippen LogP contribution in [0.1, 0.15) is 19.4 Å². The third-order valence-electron chi connectivity index (χ3n) is 2.43. The van der Waals surface area contributed by atoms with Crippen LogP contribution in [0.4, 0.5) is 4.39 Å². The standard InChI is InChI=1S/C14H21BrFN3O/c1-3-17-14(18-5-6-20-4-2)19-10-11-7-12(15)9-13(16)8-11/h7-9H,3-6,10H2,1-2H3,(H2,17,18,19). The minimum Gasteiger partial charge on any atom is -0.380 e. The lowest BCUT2D eigenvalue weighted by Crippen LogP contribution is -2.39. The van der Waals surface area contributed by atoms with Crippen molar-refractivity contribution < 1.29 is 9.13 Å². The molecule has 0 spiro atoms. The van der Waals surface area contributed by atoms with E-state index in [1.165, 1.54) is 12.1 Å². The van der Waals surface area contributed by atoms with Gasteiger partial charge in [0.05, 0.1) is 13.2 Å². The number of nitrogens with zero attached hydrogens (tertiary/aromatic N) is 1. The highest BCUT2D eigenvalue weighted by Gasteiger charge is 2.00. The summed E-state index contributed by atoms with van der Waals surface area (Å²) in [5, 5.41) is 6.30. The number of benzene rings is 1. The van der Waals surface area contributed by atoms with Gasteiger partial charge in [-0.15, -0.1) is 0 Å². The van der Waals surface area contributed by atoms with Crippen LogP contribution >= 0.6 is 15.9 Å². The predicted molar refractivity (Wildman–Crippen MR) is 83.4 cm³/mol. The summed E-state index contributed by atoms with van der Waals surface area (Å²) in [6.07, 6.45) is 0. The first kappa shape index (κ1) is 16.9. The fourth-order valence-electron chi connectivity index (χ4n) is 1.60. The molecule has 1 rings (SSSR count). The van der Waals surface area contributed by atoms with E-state index in [4.69, 9.17) is 4.74 Å². The number of ether oxygens (including phenoxy) is 1. The van der Waals surface area contributed by atoms with Crippen molar-refractivity contribution in [3.8, 4) is 0 Å². The van der Waals surface area contributed by atoms with Crippen LogP contribution in [0.2, 0.25) is 0 Å². The third kappa shape index (κ3) is 6.86. The van der Waals surface area contributed by atoms with E-state index in [-0.39, 0.29) is 5.82 Å². The zero-order chi connectivity index (χ0) is 14.8. The minimum absolute atomic E-state index is 0.265. The van der Waals surface area contributed by atoms with Crippen molar-refractivity contribution in [2.45, 2.75) is 20.4 Å². The van der Waals surface area contributed by atoms with E-state index in [1.54, 1.807) is 0 Å². The summed E-state index contributed by atoms with van der Waals surface area (Å²) < 4.78 is 19.2. The van der Waals surface area contributed by atoms with Gasteiger partial charge in [0, 0.05) is 24.2 Å². The second kappa shape index (κ2) is 9.72. The predicted octanol–water partition coefficient (Wildman–Crippen LogP) is 2.68.